The lowest BCUT2D eigenvalue weighted by Crippen LogP contribution is -2.41. The minimum Gasteiger partial charge on any atom is -0.345 e. The van der Waals surface area contributed by atoms with E-state index in [0.717, 1.165) is 19.6 Å². The highest BCUT2D eigenvalue weighted by Gasteiger charge is 2.10. The fourth-order valence-electron chi connectivity index (χ4n) is 1.57. The van der Waals surface area contributed by atoms with Crippen LogP contribution in [0, 0.1) is 0 Å². The summed E-state index contributed by atoms with van der Waals surface area (Å²) in [6.07, 6.45) is 0. The molecule has 1 heterocycles. The highest BCUT2D eigenvalue weighted by atomic mass is 32.2. The summed E-state index contributed by atoms with van der Waals surface area (Å²) in [5, 5.41) is 3.21. The lowest BCUT2D eigenvalue weighted by molar-refractivity contribution is -0.128. The van der Waals surface area contributed by atoms with Crippen molar-refractivity contribution >= 4 is 17.7 Å². The summed E-state index contributed by atoms with van der Waals surface area (Å²) in [6, 6.07) is 0. The molecule has 0 aliphatic carbocycles. The Hall–Kier alpha value is -0.260. The van der Waals surface area contributed by atoms with Gasteiger partial charge in [-0.3, -0.25) is 4.79 Å². The fraction of sp³-hybridized carbons (Fsp3) is 0.909. The summed E-state index contributed by atoms with van der Waals surface area (Å²) in [7, 11) is 1.84. The second-order valence-electron chi connectivity index (χ2n) is 4.04. The van der Waals surface area contributed by atoms with E-state index in [-0.39, 0.29) is 5.91 Å². The minimum atomic E-state index is 0.177. The maximum absolute atomic E-state index is 11.5. The number of nitrogens with zero attached hydrogens (tertiary/aromatic N) is 2. The summed E-state index contributed by atoms with van der Waals surface area (Å²) in [5.74, 6) is 2.67. The van der Waals surface area contributed by atoms with Crippen molar-refractivity contribution in [3.63, 3.8) is 0 Å². The molecule has 0 aromatic heterocycles. The van der Waals surface area contributed by atoms with E-state index in [9.17, 15) is 4.79 Å². The van der Waals surface area contributed by atoms with E-state index in [2.05, 4.69) is 10.2 Å². The zero-order chi connectivity index (χ0) is 11.8. The molecule has 1 saturated heterocycles. The van der Waals surface area contributed by atoms with Crippen LogP contribution in [-0.4, -0.2) is 73.5 Å². The van der Waals surface area contributed by atoms with Crippen LogP contribution >= 0.6 is 11.8 Å². The molecular weight excluding hydrogens is 222 g/mol. The molecule has 1 N–H and O–H groups in total. The Labute approximate surface area is 103 Å². The molecule has 1 aliphatic rings. The molecule has 0 atom stereocenters. The topological polar surface area (TPSA) is 35.6 Å². The van der Waals surface area contributed by atoms with Crippen LogP contribution < -0.4 is 5.32 Å². The van der Waals surface area contributed by atoms with Crippen molar-refractivity contribution in [2.75, 3.05) is 57.8 Å². The van der Waals surface area contributed by atoms with Gasteiger partial charge in [0.25, 0.3) is 0 Å². The van der Waals surface area contributed by atoms with Crippen LogP contribution in [0.25, 0.3) is 0 Å². The number of carbonyl (C=O) groups excluding carboxylic acids is 1. The molecule has 16 heavy (non-hydrogen) atoms. The molecule has 5 heteroatoms. The number of amides is 1. The first-order valence-corrected chi connectivity index (χ1v) is 7.14. The van der Waals surface area contributed by atoms with Gasteiger partial charge in [0, 0.05) is 51.3 Å². The molecule has 0 unspecified atom stereocenters. The number of likely N-dealkylation sites (N-methyl/N-ethyl adjacent to an activating group) is 1. The van der Waals surface area contributed by atoms with Gasteiger partial charge in [-0.1, -0.05) is 0 Å². The van der Waals surface area contributed by atoms with Crippen molar-refractivity contribution in [3.8, 4) is 0 Å². The van der Waals surface area contributed by atoms with E-state index in [1.165, 1.54) is 24.6 Å². The Morgan fingerprint density at radius 1 is 1.44 bits per heavy atom. The molecule has 0 spiro atoms. The van der Waals surface area contributed by atoms with Crippen LogP contribution in [0.3, 0.4) is 0 Å². The molecule has 0 aromatic carbocycles. The normalized spacial score (nSPS) is 17.4. The number of nitrogens with one attached hydrogen (secondary N) is 1. The minimum absolute atomic E-state index is 0.177. The van der Waals surface area contributed by atoms with E-state index < -0.39 is 0 Å². The smallest absolute Gasteiger partial charge is 0.236 e. The Balaban J connectivity index is 2.00. The summed E-state index contributed by atoms with van der Waals surface area (Å²) in [5.41, 5.74) is 0. The SMILES string of the molecule is CCN(C)C(=O)CNCCN1CCSCC1. The average Bonchev–Trinajstić information content (AvgIpc) is 2.34. The molecule has 0 bridgehead atoms. The maximum atomic E-state index is 11.5. The first-order valence-electron chi connectivity index (χ1n) is 5.98. The Morgan fingerprint density at radius 3 is 2.75 bits per heavy atom. The highest BCUT2D eigenvalue weighted by molar-refractivity contribution is 7.99. The van der Waals surface area contributed by atoms with Gasteiger partial charge in [0.1, 0.15) is 0 Å². The van der Waals surface area contributed by atoms with Gasteiger partial charge in [-0.25, -0.2) is 0 Å². The number of rotatable bonds is 6. The maximum Gasteiger partial charge on any atom is 0.236 e. The quantitative estimate of drug-likeness (QED) is 0.674. The van der Waals surface area contributed by atoms with Crippen LogP contribution in [-0.2, 0) is 4.79 Å². The zero-order valence-electron chi connectivity index (χ0n) is 10.4. The first kappa shape index (κ1) is 13.8. The van der Waals surface area contributed by atoms with Gasteiger partial charge in [-0.15, -0.1) is 0 Å². The van der Waals surface area contributed by atoms with Gasteiger partial charge in [-0.05, 0) is 6.92 Å². The molecule has 1 fully saturated rings. The molecular formula is C11H23N3OS. The molecule has 1 aliphatic heterocycles. The molecule has 94 valence electrons. The first-order chi connectivity index (χ1) is 7.74. The van der Waals surface area contributed by atoms with Crippen molar-refractivity contribution in [2.45, 2.75) is 6.92 Å². The van der Waals surface area contributed by atoms with Gasteiger partial charge in [-0.2, -0.15) is 11.8 Å². The third-order valence-electron chi connectivity index (χ3n) is 2.88. The lowest BCUT2D eigenvalue weighted by atomic mass is 10.4. The molecule has 0 saturated carbocycles. The second-order valence-corrected chi connectivity index (χ2v) is 5.26. The summed E-state index contributed by atoms with van der Waals surface area (Å²) in [4.78, 5) is 15.7. The Bertz CT molecular complexity index is 207. The fourth-order valence-corrected chi connectivity index (χ4v) is 2.55. The molecule has 0 aromatic rings. The second kappa shape index (κ2) is 7.92. The Kier molecular flexibility index (Phi) is 6.84. The van der Waals surface area contributed by atoms with E-state index in [1.54, 1.807) is 4.90 Å². The summed E-state index contributed by atoms with van der Waals surface area (Å²) < 4.78 is 0. The van der Waals surface area contributed by atoms with Crippen LogP contribution in [0.15, 0.2) is 0 Å². The standard InChI is InChI=1S/C11H23N3OS/c1-3-13(2)11(15)10-12-4-5-14-6-8-16-9-7-14/h12H,3-10H2,1-2H3. The van der Waals surface area contributed by atoms with Crippen molar-refractivity contribution in [3.05, 3.63) is 0 Å². The predicted molar refractivity (Wildman–Crippen MR) is 69.9 cm³/mol. The molecule has 1 rings (SSSR count). The lowest BCUT2D eigenvalue weighted by Gasteiger charge is -2.26. The third-order valence-corrected chi connectivity index (χ3v) is 3.83. The Morgan fingerprint density at radius 2 is 2.12 bits per heavy atom. The third kappa shape index (κ3) is 5.18. The van der Waals surface area contributed by atoms with Gasteiger partial charge in [0.05, 0.1) is 6.54 Å². The van der Waals surface area contributed by atoms with E-state index >= 15 is 0 Å². The van der Waals surface area contributed by atoms with Gasteiger partial charge in [0.2, 0.25) is 5.91 Å². The highest BCUT2D eigenvalue weighted by Crippen LogP contribution is 2.07. The van der Waals surface area contributed by atoms with Crippen molar-refractivity contribution in [1.29, 1.82) is 0 Å². The summed E-state index contributed by atoms with van der Waals surface area (Å²) in [6.45, 7) is 7.59. The van der Waals surface area contributed by atoms with Crippen molar-refractivity contribution < 1.29 is 4.79 Å². The van der Waals surface area contributed by atoms with Crippen LogP contribution in [0.4, 0.5) is 0 Å². The summed E-state index contributed by atoms with van der Waals surface area (Å²) >= 11 is 2.03. The van der Waals surface area contributed by atoms with Crippen molar-refractivity contribution in [2.24, 2.45) is 0 Å². The van der Waals surface area contributed by atoms with E-state index in [4.69, 9.17) is 0 Å². The number of hydrogen-bond acceptors (Lipinski definition) is 4. The van der Waals surface area contributed by atoms with E-state index in [1.807, 2.05) is 25.7 Å². The van der Waals surface area contributed by atoms with Gasteiger partial charge < -0.3 is 15.1 Å². The number of thioether (sulfide) groups is 1. The largest absolute Gasteiger partial charge is 0.345 e. The number of carbonyl (C=O) groups is 1. The average molecular weight is 245 g/mol. The molecule has 0 radical (unpaired) electrons. The number of hydrogen-bond donors (Lipinski definition) is 1. The van der Waals surface area contributed by atoms with Crippen LogP contribution in [0.2, 0.25) is 0 Å². The monoisotopic (exact) mass is 245 g/mol. The zero-order valence-corrected chi connectivity index (χ0v) is 11.2. The van der Waals surface area contributed by atoms with Crippen LogP contribution in [0.5, 0.6) is 0 Å². The predicted octanol–water partition coefficient (Wildman–Crippen LogP) is 0.103. The van der Waals surface area contributed by atoms with Gasteiger partial charge in [0.15, 0.2) is 0 Å². The van der Waals surface area contributed by atoms with Crippen molar-refractivity contribution in [1.82, 2.24) is 15.1 Å². The molecule has 1 amide bonds. The van der Waals surface area contributed by atoms with E-state index in [0.29, 0.717) is 6.54 Å². The molecule has 4 nitrogen and oxygen atoms in total. The van der Waals surface area contributed by atoms with Gasteiger partial charge >= 0.3 is 0 Å². The van der Waals surface area contributed by atoms with Crippen LogP contribution in [0.1, 0.15) is 6.92 Å².